The zero-order valence-corrected chi connectivity index (χ0v) is 49.5. The summed E-state index contributed by atoms with van der Waals surface area (Å²) in [5.74, 6) is 0. The summed E-state index contributed by atoms with van der Waals surface area (Å²) in [5.41, 5.74) is 11.5. The molecule has 10 aromatic carbocycles. The van der Waals surface area contributed by atoms with Gasteiger partial charge in [-0.15, -0.1) is 92.3 Å². The van der Waals surface area contributed by atoms with Gasteiger partial charge < -0.3 is 24.8 Å². The first-order valence-corrected chi connectivity index (χ1v) is 27.9. The van der Waals surface area contributed by atoms with Crippen LogP contribution >= 0.6 is 0 Å². The maximum Gasteiger partial charge on any atom is -0.0771 e. The fraction of sp³-hybridized carbons (Fsp3) is 0.143. The number of fused-ring (bicyclic) bond motifs is 6. The van der Waals surface area contributed by atoms with Gasteiger partial charge in [-0.2, -0.15) is 22.3 Å². The molecule has 0 atom stereocenters. The Kier molecular flexibility index (Phi) is 25.8. The number of benzene rings is 8. The van der Waals surface area contributed by atoms with E-state index >= 15 is 0 Å². The van der Waals surface area contributed by atoms with Crippen LogP contribution in [0, 0.1) is 12.2 Å². The van der Waals surface area contributed by atoms with E-state index in [0.29, 0.717) is 0 Å². The number of rotatable bonds is 8. The Hall–Kier alpha value is -5.45. The Bertz CT molecular complexity index is 2990. The Balaban J connectivity index is 0.000000165. The van der Waals surface area contributed by atoms with Crippen molar-refractivity contribution in [3.8, 4) is 0 Å². The van der Waals surface area contributed by atoms with E-state index in [2.05, 4.69) is 283 Å². The zero-order valence-electron chi connectivity index (χ0n) is 43.1. The molecular weight excluding hydrogens is 1090 g/mol. The van der Waals surface area contributed by atoms with Crippen molar-refractivity contribution in [3.05, 3.63) is 299 Å². The minimum absolute atomic E-state index is 0. The summed E-state index contributed by atoms with van der Waals surface area (Å²) in [6.45, 7) is 8.83. The Labute approximate surface area is 483 Å². The van der Waals surface area contributed by atoms with Crippen molar-refractivity contribution in [3.63, 3.8) is 0 Å². The van der Waals surface area contributed by atoms with Crippen LogP contribution in [0.25, 0.3) is 43.1 Å². The minimum atomic E-state index is 0. The summed E-state index contributed by atoms with van der Waals surface area (Å²) in [7, 11) is 0. The monoisotopic (exact) mass is 1150 g/mol. The van der Waals surface area contributed by atoms with E-state index in [9.17, 15) is 0 Å². The molecule has 0 radical (unpaired) electrons. The number of allylic oxidation sites excluding steroid dienone is 8. The first kappa shape index (κ1) is 59.4. The normalized spacial score (nSPS) is 11.9. The minimum Gasteiger partial charge on any atom is -0.126 e. The van der Waals surface area contributed by atoms with Gasteiger partial charge in [-0.3, -0.25) is 12.2 Å². The Morgan fingerprint density at radius 3 is 0.784 bits per heavy atom. The summed E-state index contributed by atoms with van der Waals surface area (Å²) in [6.07, 6.45) is 17.6. The van der Waals surface area contributed by atoms with Crippen LogP contribution in [0.3, 0.4) is 0 Å². The van der Waals surface area contributed by atoms with Crippen LogP contribution in [0.2, 0.25) is 0 Å². The predicted octanol–water partition coefficient (Wildman–Crippen LogP) is 12.8. The summed E-state index contributed by atoms with van der Waals surface area (Å²) >= 11 is 2.92. The molecule has 2 aliphatic carbocycles. The van der Waals surface area contributed by atoms with E-state index < -0.39 is 0 Å². The van der Waals surface area contributed by atoms with E-state index in [1.165, 1.54) is 157 Å². The second-order valence-electron chi connectivity index (χ2n) is 17.6. The van der Waals surface area contributed by atoms with Gasteiger partial charge in [-0.1, -0.05) is 126 Å². The largest absolute Gasteiger partial charge is 0.126 e. The number of halogens is 2. The standard InChI is InChI=1S/2C13H9.2C13H10.2C9H13.2ClH.2Zr/c2*1-3-7-12-10(5-1)9-11-6-2-4-8-13(11)12;2*1-3-7-12(8-4-1)11-13-9-5-2-6-10-13;2*1-3-8-6-5-7-9(8)4-2;;;;/h2*1-9H;2*1-10H;2*6H,3-4,7H2,1-2H3;2*1H;;/q2*-1;;;2*-1;;;2*+2/p-2. The number of hydrogen-bond donors (Lipinski definition) is 0. The van der Waals surface area contributed by atoms with Crippen molar-refractivity contribution in [1.82, 2.24) is 0 Å². The first-order chi connectivity index (χ1) is 35.4. The molecule has 0 saturated heterocycles. The maximum absolute atomic E-state index is 3.23. The fourth-order valence-electron chi connectivity index (χ4n) is 8.99. The van der Waals surface area contributed by atoms with Crippen LogP contribution in [0.1, 0.15) is 88.5 Å². The average Bonchev–Trinajstić information content (AvgIpc) is 4.29. The summed E-state index contributed by atoms with van der Waals surface area (Å²) in [4.78, 5) is 0. The summed E-state index contributed by atoms with van der Waals surface area (Å²) in [5, 5.41) is 10.8. The molecule has 0 N–H and O–H groups in total. The van der Waals surface area contributed by atoms with Gasteiger partial charge in [0.1, 0.15) is 0 Å². The van der Waals surface area contributed by atoms with Crippen molar-refractivity contribution in [1.29, 1.82) is 0 Å². The molecule has 0 unspecified atom stereocenters. The topological polar surface area (TPSA) is 0 Å². The van der Waals surface area contributed by atoms with Crippen LogP contribution < -0.4 is 24.8 Å². The van der Waals surface area contributed by atoms with E-state index in [0.717, 1.165) is 12.8 Å². The molecule has 2 aliphatic rings. The third-order valence-electron chi connectivity index (χ3n) is 13.0. The zero-order chi connectivity index (χ0) is 50.3. The van der Waals surface area contributed by atoms with Crippen LogP contribution in [-0.2, 0) is 48.5 Å². The molecule has 0 fully saturated rings. The molecule has 10 aromatic rings. The molecule has 0 spiro atoms. The molecule has 74 heavy (non-hydrogen) atoms. The Morgan fingerprint density at radius 2 is 0.568 bits per heavy atom. The van der Waals surface area contributed by atoms with E-state index in [1.54, 1.807) is 11.1 Å². The summed E-state index contributed by atoms with van der Waals surface area (Å²) in [6, 6.07) is 80.8. The molecule has 4 heteroatoms. The number of hydrogen-bond acceptors (Lipinski definition) is 0. The third kappa shape index (κ3) is 16.8. The van der Waals surface area contributed by atoms with Crippen LogP contribution in [0.15, 0.2) is 265 Å². The van der Waals surface area contributed by atoms with Crippen LogP contribution in [-0.4, -0.2) is 6.41 Å². The molecule has 0 nitrogen and oxygen atoms in total. The van der Waals surface area contributed by atoms with Gasteiger partial charge in [0, 0.05) is 0 Å². The molecule has 0 bridgehead atoms. The molecular formula is C70H64Cl2Zr2-2. The van der Waals surface area contributed by atoms with E-state index in [1.807, 2.05) is 0 Å². The molecule has 368 valence electrons. The summed E-state index contributed by atoms with van der Waals surface area (Å²) < 4.78 is 2.83. The van der Waals surface area contributed by atoms with Crippen molar-refractivity contribution in [2.45, 2.75) is 66.2 Å². The van der Waals surface area contributed by atoms with Gasteiger partial charge in [-0.05, 0) is 0 Å². The van der Waals surface area contributed by atoms with Crippen molar-refractivity contribution in [2.24, 2.45) is 0 Å². The van der Waals surface area contributed by atoms with E-state index in [-0.39, 0.29) is 24.8 Å². The van der Waals surface area contributed by atoms with Gasteiger partial charge in [0.05, 0.1) is 0 Å². The van der Waals surface area contributed by atoms with E-state index in [4.69, 9.17) is 0 Å². The van der Waals surface area contributed by atoms with Crippen molar-refractivity contribution >= 4 is 49.5 Å². The van der Waals surface area contributed by atoms with Gasteiger partial charge in [0.15, 0.2) is 0 Å². The fourth-order valence-corrected chi connectivity index (χ4v) is 10.6. The predicted molar refractivity (Wildman–Crippen MR) is 306 cm³/mol. The van der Waals surface area contributed by atoms with Crippen molar-refractivity contribution < 1.29 is 73.3 Å². The smallest absolute Gasteiger partial charge is 0.0771 e. The van der Waals surface area contributed by atoms with Gasteiger partial charge in [-0.25, -0.2) is 12.2 Å². The third-order valence-corrected chi connectivity index (χ3v) is 15.8. The molecule has 0 saturated carbocycles. The van der Waals surface area contributed by atoms with Gasteiger partial charge >= 0.3 is 198 Å². The molecule has 0 heterocycles. The Morgan fingerprint density at radius 1 is 0.338 bits per heavy atom. The second-order valence-corrected chi connectivity index (χ2v) is 20.0. The maximum atomic E-state index is 3.23. The van der Waals surface area contributed by atoms with Crippen LogP contribution in [0.5, 0.6) is 0 Å². The molecule has 0 aliphatic heterocycles. The molecule has 0 amide bonds. The van der Waals surface area contributed by atoms with Gasteiger partial charge in [0.25, 0.3) is 0 Å². The first-order valence-electron chi connectivity index (χ1n) is 25.4. The van der Waals surface area contributed by atoms with Crippen molar-refractivity contribution in [2.75, 3.05) is 0 Å². The van der Waals surface area contributed by atoms with Gasteiger partial charge in [0.2, 0.25) is 0 Å². The SMILES string of the molecule is CCC1=C(CC)C[C-]=C1.CCC1=C(CC)C[C-]=C1.[Cl-].[Cl-].[Zr+2]=[C](c1ccccc1)c1ccccc1.[Zr+2]=[C](c1ccccc1)c1ccccc1.c1ccc2c(c1)[cH-]c1ccccc12.c1ccc2c(c1)[cH-]c1ccccc12. The molecule has 12 rings (SSSR count). The molecule has 0 aromatic heterocycles. The average molecular weight is 1160 g/mol. The van der Waals surface area contributed by atoms with Crippen LogP contribution in [0.4, 0.5) is 0 Å². The second kappa shape index (κ2) is 32.1. The quantitative estimate of drug-likeness (QED) is 0.133.